The van der Waals surface area contributed by atoms with Crippen LogP contribution in [0.25, 0.3) is 0 Å². The van der Waals surface area contributed by atoms with Gasteiger partial charge in [-0.2, -0.15) is 23.1 Å². The van der Waals surface area contributed by atoms with Crippen molar-refractivity contribution < 1.29 is 22.4 Å². The number of aromatic nitrogens is 3. The zero-order chi connectivity index (χ0) is 21.0. The summed E-state index contributed by atoms with van der Waals surface area (Å²) in [6.07, 6.45) is -4.53. The van der Waals surface area contributed by atoms with Gasteiger partial charge in [0.05, 0.1) is 5.56 Å². The second kappa shape index (κ2) is 8.21. The van der Waals surface area contributed by atoms with Crippen molar-refractivity contribution in [3.05, 3.63) is 82.7 Å². The van der Waals surface area contributed by atoms with Crippen LogP contribution in [0.15, 0.2) is 48.5 Å². The molecule has 10 heteroatoms. The third-order valence-electron chi connectivity index (χ3n) is 3.88. The lowest BCUT2D eigenvalue weighted by atomic mass is 10.1. The van der Waals surface area contributed by atoms with E-state index in [4.69, 9.17) is 5.73 Å². The highest BCUT2D eigenvalue weighted by Gasteiger charge is 2.30. The average molecular weight is 405 g/mol. The van der Waals surface area contributed by atoms with E-state index in [1.54, 1.807) is 12.1 Å². The van der Waals surface area contributed by atoms with Crippen molar-refractivity contribution in [2.75, 3.05) is 5.32 Å². The van der Waals surface area contributed by atoms with E-state index in [2.05, 4.69) is 20.3 Å². The molecule has 6 nitrogen and oxygen atoms in total. The molecule has 0 bridgehead atoms. The Morgan fingerprint density at radius 2 is 1.72 bits per heavy atom. The van der Waals surface area contributed by atoms with Gasteiger partial charge in [-0.05, 0) is 29.3 Å². The van der Waals surface area contributed by atoms with Crippen molar-refractivity contribution in [3.8, 4) is 0 Å². The normalized spacial score (nSPS) is 11.3. The molecule has 0 atom stereocenters. The predicted octanol–water partition coefficient (Wildman–Crippen LogP) is 3.33. The minimum absolute atomic E-state index is 0.0279. The van der Waals surface area contributed by atoms with Gasteiger partial charge in [-0.25, -0.2) is 9.37 Å². The third kappa shape index (κ3) is 5.47. The van der Waals surface area contributed by atoms with Crippen LogP contribution in [-0.4, -0.2) is 20.9 Å². The SMILES string of the molecule is NC(=O)c1nc(Cc2cccc(C(F)(F)F)c2)nc(NCc2ccc(F)cc2)n1. The minimum Gasteiger partial charge on any atom is -0.363 e. The molecule has 0 aliphatic carbocycles. The molecule has 0 spiro atoms. The molecule has 1 aromatic heterocycles. The molecule has 0 unspecified atom stereocenters. The number of halogens is 4. The predicted molar refractivity (Wildman–Crippen MR) is 96.3 cm³/mol. The summed E-state index contributed by atoms with van der Waals surface area (Å²) in [6, 6.07) is 10.4. The first-order valence-electron chi connectivity index (χ1n) is 8.40. The van der Waals surface area contributed by atoms with Crippen LogP contribution in [0.3, 0.4) is 0 Å². The number of anilines is 1. The fourth-order valence-corrected chi connectivity index (χ4v) is 2.51. The largest absolute Gasteiger partial charge is 0.416 e. The standard InChI is InChI=1S/C19H15F4N5O/c20-14-6-4-11(5-7-14)10-25-18-27-15(26-17(28-18)16(24)29)9-12-2-1-3-13(8-12)19(21,22)23/h1-8H,9-10H2,(H2,24,29)(H,25,26,27,28). The molecule has 0 aliphatic heterocycles. The van der Waals surface area contributed by atoms with Crippen LogP contribution in [0.5, 0.6) is 0 Å². The number of nitrogens with two attached hydrogens (primary N) is 1. The van der Waals surface area contributed by atoms with Crippen LogP contribution < -0.4 is 11.1 Å². The summed E-state index contributed by atoms with van der Waals surface area (Å²) >= 11 is 0. The van der Waals surface area contributed by atoms with Gasteiger partial charge >= 0.3 is 6.18 Å². The Labute approximate surface area is 162 Å². The number of amides is 1. The lowest BCUT2D eigenvalue weighted by Crippen LogP contribution is -2.19. The van der Waals surface area contributed by atoms with Crippen molar-refractivity contribution in [2.45, 2.75) is 19.1 Å². The lowest BCUT2D eigenvalue weighted by Gasteiger charge is -2.10. The van der Waals surface area contributed by atoms with Gasteiger partial charge in [-0.15, -0.1) is 0 Å². The Kier molecular flexibility index (Phi) is 5.71. The number of carbonyl (C=O) groups excluding carboxylic acids is 1. The van der Waals surface area contributed by atoms with Crippen molar-refractivity contribution in [1.82, 2.24) is 15.0 Å². The number of hydrogen-bond acceptors (Lipinski definition) is 5. The zero-order valence-corrected chi connectivity index (χ0v) is 14.9. The summed E-state index contributed by atoms with van der Waals surface area (Å²) in [4.78, 5) is 23.5. The van der Waals surface area contributed by atoms with Crippen molar-refractivity contribution >= 4 is 11.9 Å². The highest BCUT2D eigenvalue weighted by Crippen LogP contribution is 2.29. The Bertz CT molecular complexity index is 1020. The third-order valence-corrected chi connectivity index (χ3v) is 3.88. The molecule has 3 N–H and O–H groups in total. The molecule has 2 aromatic carbocycles. The maximum atomic E-state index is 13.0. The molecule has 0 saturated heterocycles. The molecule has 0 radical (unpaired) electrons. The lowest BCUT2D eigenvalue weighted by molar-refractivity contribution is -0.137. The summed E-state index contributed by atoms with van der Waals surface area (Å²) in [6.45, 7) is 0.228. The van der Waals surface area contributed by atoms with Gasteiger partial charge in [-0.1, -0.05) is 30.3 Å². The molecule has 1 heterocycles. The maximum absolute atomic E-state index is 13.0. The van der Waals surface area contributed by atoms with Crippen LogP contribution in [0.2, 0.25) is 0 Å². The van der Waals surface area contributed by atoms with E-state index in [9.17, 15) is 22.4 Å². The monoisotopic (exact) mass is 405 g/mol. The van der Waals surface area contributed by atoms with Gasteiger partial charge in [0, 0.05) is 13.0 Å². The Morgan fingerprint density at radius 3 is 2.38 bits per heavy atom. The van der Waals surface area contributed by atoms with Gasteiger partial charge in [0.25, 0.3) is 5.91 Å². The molecular formula is C19H15F4N5O. The quantitative estimate of drug-likeness (QED) is 0.614. The molecule has 0 aliphatic rings. The van der Waals surface area contributed by atoms with Crippen LogP contribution >= 0.6 is 0 Å². The smallest absolute Gasteiger partial charge is 0.363 e. The fraction of sp³-hybridized carbons (Fsp3) is 0.158. The fourth-order valence-electron chi connectivity index (χ4n) is 2.51. The molecule has 3 rings (SSSR count). The molecule has 0 saturated carbocycles. The molecule has 29 heavy (non-hydrogen) atoms. The van der Waals surface area contributed by atoms with E-state index in [1.165, 1.54) is 24.3 Å². The van der Waals surface area contributed by atoms with Gasteiger partial charge in [0.1, 0.15) is 11.6 Å². The van der Waals surface area contributed by atoms with E-state index in [1.807, 2.05) is 0 Å². The van der Waals surface area contributed by atoms with Gasteiger partial charge in [-0.3, -0.25) is 4.79 Å². The Balaban J connectivity index is 1.83. The summed E-state index contributed by atoms with van der Waals surface area (Å²) in [7, 11) is 0. The van der Waals surface area contributed by atoms with Crippen LogP contribution in [0.4, 0.5) is 23.5 Å². The molecule has 1 amide bonds. The van der Waals surface area contributed by atoms with Gasteiger partial charge in [0.2, 0.25) is 11.8 Å². The van der Waals surface area contributed by atoms with Crippen LogP contribution in [-0.2, 0) is 19.1 Å². The zero-order valence-electron chi connectivity index (χ0n) is 14.9. The molecule has 0 fully saturated rings. The van der Waals surface area contributed by atoms with E-state index in [0.29, 0.717) is 5.56 Å². The van der Waals surface area contributed by atoms with Gasteiger partial charge in [0.15, 0.2) is 0 Å². The second-order valence-corrected chi connectivity index (χ2v) is 6.12. The highest BCUT2D eigenvalue weighted by molar-refractivity contribution is 5.89. The first kappa shape index (κ1) is 20.2. The summed E-state index contributed by atoms with van der Waals surface area (Å²) < 4.78 is 51.7. The Hall–Kier alpha value is -3.56. The van der Waals surface area contributed by atoms with Gasteiger partial charge < -0.3 is 11.1 Å². The number of benzene rings is 2. The summed E-state index contributed by atoms with van der Waals surface area (Å²) in [5.74, 6) is -1.49. The van der Waals surface area contributed by atoms with E-state index in [0.717, 1.165) is 17.7 Å². The first-order valence-corrected chi connectivity index (χ1v) is 8.40. The second-order valence-electron chi connectivity index (χ2n) is 6.12. The Morgan fingerprint density at radius 1 is 1.00 bits per heavy atom. The number of rotatable bonds is 6. The average Bonchev–Trinajstić information content (AvgIpc) is 2.67. The number of nitrogens with zero attached hydrogens (tertiary/aromatic N) is 3. The van der Waals surface area contributed by atoms with Crippen molar-refractivity contribution in [2.24, 2.45) is 5.73 Å². The van der Waals surface area contributed by atoms with E-state index in [-0.39, 0.29) is 36.4 Å². The maximum Gasteiger partial charge on any atom is 0.416 e. The van der Waals surface area contributed by atoms with Crippen LogP contribution in [0.1, 0.15) is 33.1 Å². The van der Waals surface area contributed by atoms with E-state index < -0.39 is 17.6 Å². The number of primary amides is 1. The number of carbonyl (C=O) groups is 1. The summed E-state index contributed by atoms with van der Waals surface area (Å²) in [5.41, 5.74) is 5.48. The number of hydrogen-bond donors (Lipinski definition) is 2. The number of alkyl halides is 3. The van der Waals surface area contributed by atoms with Crippen molar-refractivity contribution in [3.63, 3.8) is 0 Å². The molecule has 3 aromatic rings. The summed E-state index contributed by atoms with van der Waals surface area (Å²) in [5, 5.41) is 2.87. The molecule has 150 valence electrons. The van der Waals surface area contributed by atoms with E-state index >= 15 is 0 Å². The molecular weight excluding hydrogens is 390 g/mol. The minimum atomic E-state index is -4.48. The number of nitrogens with one attached hydrogen (secondary N) is 1. The topological polar surface area (TPSA) is 93.8 Å². The van der Waals surface area contributed by atoms with Crippen molar-refractivity contribution in [1.29, 1.82) is 0 Å². The van der Waals surface area contributed by atoms with Crippen LogP contribution in [0, 0.1) is 5.82 Å². The first-order chi connectivity index (χ1) is 13.7. The highest BCUT2D eigenvalue weighted by atomic mass is 19.4.